The molecule has 2 amide bonds. The molecule has 0 spiro atoms. The molecule has 0 radical (unpaired) electrons. The first kappa shape index (κ1) is 16.9. The molecular weight excluding hydrogens is 538 g/mol. The Morgan fingerprint density at radius 3 is 2.50 bits per heavy atom. The number of amides is 2. The van der Waals surface area contributed by atoms with Crippen molar-refractivity contribution >= 4 is 62.8 Å². The average Bonchev–Trinajstić information content (AvgIpc) is 2.80. The van der Waals surface area contributed by atoms with Crippen molar-refractivity contribution in [3.8, 4) is 11.8 Å². The van der Waals surface area contributed by atoms with Crippen molar-refractivity contribution in [1.29, 1.82) is 5.26 Å². The Bertz CT molecular complexity index is 1050. The van der Waals surface area contributed by atoms with Crippen LogP contribution < -0.4 is 16.6 Å². The molecule has 9 heteroatoms. The van der Waals surface area contributed by atoms with Crippen LogP contribution in [0.1, 0.15) is 31.8 Å². The maximum Gasteiger partial charge on any atom is 0.262 e. The lowest BCUT2D eigenvalue weighted by Gasteiger charge is -2.17. The fraction of sp³-hybridized carbons (Fsp3) is 0.0667. The number of imide groups is 1. The van der Waals surface area contributed by atoms with E-state index in [9.17, 15) is 19.6 Å². The van der Waals surface area contributed by atoms with Crippen molar-refractivity contribution in [3.05, 3.63) is 51.9 Å². The minimum atomic E-state index is -0.633. The van der Waals surface area contributed by atoms with Gasteiger partial charge >= 0.3 is 0 Å². The Balaban J connectivity index is 2.43. The van der Waals surface area contributed by atoms with E-state index in [1.54, 1.807) is 13.0 Å². The monoisotopic (exact) mass is 546 g/mol. The second kappa shape index (κ2) is 5.85. The van der Waals surface area contributed by atoms with Crippen LogP contribution in [0.4, 0.5) is 5.82 Å². The minimum Gasteiger partial charge on any atom is -0.384 e. The second-order valence-electron chi connectivity index (χ2n) is 5.08. The van der Waals surface area contributed by atoms with Gasteiger partial charge in [-0.1, -0.05) is 0 Å². The third-order valence-corrected chi connectivity index (χ3v) is 5.88. The van der Waals surface area contributed by atoms with Gasteiger partial charge in [0.2, 0.25) is 0 Å². The summed E-state index contributed by atoms with van der Waals surface area (Å²) in [5.41, 5.74) is 7.21. The predicted molar refractivity (Wildman–Crippen MR) is 103 cm³/mol. The lowest BCUT2D eigenvalue weighted by Crippen LogP contribution is -2.25. The van der Waals surface area contributed by atoms with Gasteiger partial charge in [-0.3, -0.25) is 24.3 Å². The normalized spacial score (nSPS) is 12.8. The van der Waals surface area contributed by atoms with Gasteiger partial charge in [-0.05, 0) is 63.7 Å². The lowest BCUT2D eigenvalue weighted by atomic mass is 10.1. The molecule has 1 aromatic carbocycles. The van der Waals surface area contributed by atoms with Gasteiger partial charge in [0.15, 0.2) is 0 Å². The highest BCUT2D eigenvalue weighted by molar-refractivity contribution is 14.1. The minimum absolute atomic E-state index is 0.00628. The third kappa shape index (κ3) is 2.32. The largest absolute Gasteiger partial charge is 0.384 e. The average molecular weight is 546 g/mol. The van der Waals surface area contributed by atoms with E-state index in [-0.39, 0.29) is 16.9 Å². The number of carbonyl (C=O) groups excluding carboxylic acids is 2. The van der Waals surface area contributed by atoms with Crippen LogP contribution in [0.25, 0.3) is 5.69 Å². The highest BCUT2D eigenvalue weighted by Crippen LogP contribution is 2.31. The van der Waals surface area contributed by atoms with E-state index in [0.29, 0.717) is 24.0 Å². The Morgan fingerprint density at radius 1 is 1.21 bits per heavy atom. The molecule has 1 aliphatic rings. The van der Waals surface area contributed by atoms with Crippen molar-refractivity contribution < 1.29 is 9.59 Å². The first-order valence-corrected chi connectivity index (χ1v) is 8.74. The van der Waals surface area contributed by atoms with Crippen molar-refractivity contribution in [2.75, 3.05) is 5.73 Å². The number of hydrogen-bond donors (Lipinski definition) is 2. The van der Waals surface area contributed by atoms with Crippen LogP contribution in [0.2, 0.25) is 0 Å². The molecule has 24 heavy (non-hydrogen) atoms. The van der Waals surface area contributed by atoms with E-state index in [2.05, 4.69) is 11.4 Å². The van der Waals surface area contributed by atoms with Gasteiger partial charge in [-0.15, -0.1) is 0 Å². The van der Waals surface area contributed by atoms with Gasteiger partial charge in [-0.25, -0.2) is 0 Å². The van der Waals surface area contributed by atoms with Crippen molar-refractivity contribution in [2.24, 2.45) is 0 Å². The summed E-state index contributed by atoms with van der Waals surface area (Å²) >= 11 is 4.04. The summed E-state index contributed by atoms with van der Waals surface area (Å²) in [5.74, 6) is -1.36. The van der Waals surface area contributed by atoms with E-state index < -0.39 is 17.4 Å². The van der Waals surface area contributed by atoms with Gasteiger partial charge in [-0.2, -0.15) is 5.26 Å². The zero-order valence-corrected chi connectivity index (χ0v) is 16.4. The maximum absolute atomic E-state index is 12.5. The highest BCUT2D eigenvalue weighted by atomic mass is 127. The summed E-state index contributed by atoms with van der Waals surface area (Å²) in [6.07, 6.45) is 0. The molecule has 1 aliphatic heterocycles. The van der Waals surface area contributed by atoms with Crippen LogP contribution in [-0.2, 0) is 0 Å². The molecule has 0 saturated carbocycles. The summed E-state index contributed by atoms with van der Waals surface area (Å²) in [7, 11) is 0. The number of benzene rings is 1. The lowest BCUT2D eigenvalue weighted by molar-refractivity contribution is 0.0880. The number of rotatable bonds is 1. The van der Waals surface area contributed by atoms with Gasteiger partial charge in [0.25, 0.3) is 17.4 Å². The zero-order chi connectivity index (χ0) is 17.8. The number of nitrogens with zero attached hydrogens (tertiary/aromatic N) is 2. The Morgan fingerprint density at radius 2 is 1.88 bits per heavy atom. The third-order valence-electron chi connectivity index (χ3n) is 3.74. The van der Waals surface area contributed by atoms with E-state index in [0.717, 1.165) is 6.07 Å². The number of carbonyl (C=O) groups is 2. The zero-order valence-electron chi connectivity index (χ0n) is 12.1. The molecule has 120 valence electrons. The quantitative estimate of drug-likeness (QED) is 0.418. The van der Waals surface area contributed by atoms with E-state index in [1.807, 2.05) is 45.2 Å². The summed E-state index contributed by atoms with van der Waals surface area (Å²) in [6.45, 7) is 1.77. The van der Waals surface area contributed by atoms with Gasteiger partial charge in [0.05, 0.1) is 28.4 Å². The van der Waals surface area contributed by atoms with Crippen LogP contribution >= 0.6 is 45.2 Å². The Labute approximate surface area is 163 Å². The van der Waals surface area contributed by atoms with Crippen molar-refractivity contribution in [3.63, 3.8) is 0 Å². The predicted octanol–water partition coefficient (Wildman–Crippen LogP) is 1.69. The number of nitrogens with one attached hydrogen (secondary N) is 1. The highest BCUT2D eigenvalue weighted by Gasteiger charge is 2.32. The number of halogens is 2. The summed E-state index contributed by atoms with van der Waals surface area (Å²) in [6, 6.07) is 4.86. The number of nitrogens with two attached hydrogens (primary N) is 1. The molecule has 0 bridgehead atoms. The first-order valence-electron chi connectivity index (χ1n) is 6.58. The van der Waals surface area contributed by atoms with Crippen LogP contribution in [0.5, 0.6) is 0 Å². The van der Waals surface area contributed by atoms with Gasteiger partial charge in [0.1, 0.15) is 5.82 Å². The molecular formula is C15H8I2N4O3. The number of pyridine rings is 1. The smallest absolute Gasteiger partial charge is 0.262 e. The van der Waals surface area contributed by atoms with Crippen LogP contribution in [-0.4, -0.2) is 16.4 Å². The topological polar surface area (TPSA) is 118 Å². The van der Waals surface area contributed by atoms with Crippen LogP contribution in [0.15, 0.2) is 16.9 Å². The van der Waals surface area contributed by atoms with E-state index in [4.69, 9.17) is 5.73 Å². The Hall–Kier alpha value is -1.94. The van der Waals surface area contributed by atoms with Crippen LogP contribution in [0.3, 0.4) is 0 Å². The van der Waals surface area contributed by atoms with E-state index >= 15 is 0 Å². The Kier molecular flexibility index (Phi) is 4.12. The summed E-state index contributed by atoms with van der Waals surface area (Å²) in [4.78, 5) is 36.2. The number of nitrogen functional groups attached to an aromatic ring is 1. The molecule has 7 nitrogen and oxygen atoms in total. The second-order valence-corrected chi connectivity index (χ2v) is 7.32. The summed E-state index contributed by atoms with van der Waals surface area (Å²) in [5, 5.41) is 11.3. The molecule has 3 rings (SSSR count). The van der Waals surface area contributed by atoms with Crippen molar-refractivity contribution in [1.82, 2.24) is 9.88 Å². The van der Waals surface area contributed by atoms with E-state index in [1.165, 1.54) is 4.57 Å². The summed E-state index contributed by atoms with van der Waals surface area (Å²) < 4.78 is 2.52. The van der Waals surface area contributed by atoms with Gasteiger partial charge in [0, 0.05) is 13.2 Å². The number of nitriles is 1. The van der Waals surface area contributed by atoms with Crippen molar-refractivity contribution in [2.45, 2.75) is 6.92 Å². The molecule has 0 atom stereocenters. The standard InChI is InChI=1S/C15H8I2N4O3/c1-5-6(4-18)2-8(16)12(11(5)17)21-9(22)3-7-10(13(21)19)15(24)20-14(7)23/h2-3H,19H2,1H3,(H,20,23,24). The fourth-order valence-electron chi connectivity index (χ4n) is 2.54. The maximum atomic E-state index is 12.5. The molecule has 1 aromatic heterocycles. The SMILES string of the molecule is Cc1c(C#N)cc(I)c(-n2c(N)c3c(cc2=O)C(=O)NC3=O)c1I. The molecule has 2 aromatic rings. The van der Waals surface area contributed by atoms with Gasteiger partial charge < -0.3 is 5.73 Å². The fourth-order valence-corrected chi connectivity index (χ4v) is 4.70. The molecule has 0 unspecified atom stereocenters. The molecule has 0 saturated heterocycles. The number of hydrogen-bond acceptors (Lipinski definition) is 5. The molecule has 3 N–H and O–H groups in total. The number of anilines is 1. The number of aromatic nitrogens is 1. The number of fused-ring (bicyclic) bond motifs is 1. The molecule has 0 aliphatic carbocycles. The molecule has 2 heterocycles. The van der Waals surface area contributed by atoms with Crippen LogP contribution in [0, 0.1) is 25.4 Å². The first-order chi connectivity index (χ1) is 11.3. The molecule has 0 fully saturated rings.